The third-order valence-corrected chi connectivity index (χ3v) is 4.20. The lowest BCUT2D eigenvalue weighted by molar-refractivity contribution is 0.0696. The van der Waals surface area contributed by atoms with E-state index < -0.39 is 5.97 Å². The lowest BCUT2D eigenvalue weighted by atomic mass is 10.1. The fourth-order valence-electron chi connectivity index (χ4n) is 2.41. The van der Waals surface area contributed by atoms with Gasteiger partial charge in [0.2, 0.25) is 5.01 Å². The Morgan fingerprint density at radius 3 is 2.95 bits per heavy atom. The molecule has 0 aliphatic heterocycles. The van der Waals surface area contributed by atoms with E-state index in [2.05, 4.69) is 40.7 Å². The number of thiazole rings is 1. The Hall–Kier alpha value is -2.14. The average molecular weight is 286 g/mol. The Balaban J connectivity index is 1.99. The molecule has 0 aliphatic rings. The van der Waals surface area contributed by atoms with E-state index >= 15 is 0 Å². The molecule has 1 N–H and O–H groups in total. The van der Waals surface area contributed by atoms with Crippen molar-refractivity contribution in [2.75, 3.05) is 0 Å². The number of carboxylic acid groups (broad SMARTS) is 1. The molecule has 0 saturated carbocycles. The van der Waals surface area contributed by atoms with Gasteiger partial charge < -0.3 is 9.67 Å². The van der Waals surface area contributed by atoms with E-state index in [4.69, 9.17) is 5.11 Å². The summed E-state index contributed by atoms with van der Waals surface area (Å²) in [6.07, 6.45) is 3.00. The number of carboxylic acids is 1. The summed E-state index contributed by atoms with van der Waals surface area (Å²) >= 11 is 1.17. The largest absolute Gasteiger partial charge is 0.476 e. The number of nitrogens with zero attached hydrogens (tertiary/aromatic N) is 2. The van der Waals surface area contributed by atoms with Crippen molar-refractivity contribution in [1.82, 2.24) is 9.55 Å². The summed E-state index contributed by atoms with van der Waals surface area (Å²) in [5, 5.41) is 12.1. The van der Waals surface area contributed by atoms with Gasteiger partial charge in [-0.3, -0.25) is 0 Å². The minimum atomic E-state index is -0.965. The van der Waals surface area contributed by atoms with Crippen LogP contribution in [0.25, 0.3) is 10.9 Å². The predicted octanol–water partition coefficient (Wildman–Crippen LogP) is 3.41. The van der Waals surface area contributed by atoms with Gasteiger partial charge in [-0.1, -0.05) is 25.1 Å². The number of benzene rings is 1. The molecular formula is C15H14N2O2S. The number of hydrogen-bond acceptors (Lipinski definition) is 3. The van der Waals surface area contributed by atoms with Crippen molar-refractivity contribution in [3.05, 3.63) is 52.1 Å². The fourth-order valence-corrected chi connectivity index (χ4v) is 3.06. The van der Waals surface area contributed by atoms with Crippen LogP contribution < -0.4 is 0 Å². The zero-order valence-electron chi connectivity index (χ0n) is 11.0. The van der Waals surface area contributed by atoms with Gasteiger partial charge in [0.15, 0.2) is 0 Å². The van der Waals surface area contributed by atoms with Gasteiger partial charge >= 0.3 is 5.97 Å². The van der Waals surface area contributed by atoms with Crippen molar-refractivity contribution in [1.29, 1.82) is 0 Å². The third kappa shape index (κ3) is 2.20. The maximum Gasteiger partial charge on any atom is 0.365 e. The normalized spacial score (nSPS) is 11.1. The molecule has 102 valence electrons. The SMILES string of the molecule is CCc1cccc2ccn(Cc3csc(C(=O)O)n3)c12. The first-order valence-corrected chi connectivity index (χ1v) is 7.31. The molecule has 0 bridgehead atoms. The van der Waals surface area contributed by atoms with E-state index in [1.807, 2.05) is 11.6 Å². The second kappa shape index (κ2) is 5.09. The Labute approximate surface area is 120 Å². The van der Waals surface area contributed by atoms with Crippen molar-refractivity contribution < 1.29 is 9.90 Å². The van der Waals surface area contributed by atoms with Crippen LogP contribution in [0.1, 0.15) is 28.0 Å². The molecule has 0 atom stereocenters. The van der Waals surface area contributed by atoms with Gasteiger partial charge in [-0.15, -0.1) is 11.3 Å². The molecule has 0 aliphatic carbocycles. The number of aryl methyl sites for hydroxylation is 1. The van der Waals surface area contributed by atoms with Crippen LogP contribution in [0.5, 0.6) is 0 Å². The summed E-state index contributed by atoms with van der Waals surface area (Å²) in [5.41, 5.74) is 3.29. The lowest BCUT2D eigenvalue weighted by Crippen LogP contribution is -2.02. The highest BCUT2D eigenvalue weighted by Crippen LogP contribution is 2.22. The molecule has 0 fully saturated rings. The third-order valence-electron chi connectivity index (χ3n) is 3.32. The standard InChI is InChI=1S/C15H14N2O2S/c1-2-10-4-3-5-11-6-7-17(13(10)11)8-12-9-20-14(16-12)15(18)19/h3-7,9H,2,8H2,1H3,(H,18,19). The van der Waals surface area contributed by atoms with Crippen LogP contribution in [-0.2, 0) is 13.0 Å². The number of rotatable bonds is 4. The quantitative estimate of drug-likeness (QED) is 0.799. The van der Waals surface area contributed by atoms with E-state index in [9.17, 15) is 4.79 Å². The number of aromatic nitrogens is 2. The number of para-hydroxylation sites is 1. The van der Waals surface area contributed by atoms with E-state index in [1.165, 1.54) is 27.8 Å². The van der Waals surface area contributed by atoms with Gasteiger partial charge in [-0.05, 0) is 23.4 Å². The molecule has 4 nitrogen and oxygen atoms in total. The van der Waals surface area contributed by atoms with Gasteiger partial charge in [0, 0.05) is 11.6 Å². The van der Waals surface area contributed by atoms with E-state index in [1.54, 1.807) is 0 Å². The number of carbonyl (C=O) groups is 1. The molecular weight excluding hydrogens is 272 g/mol. The van der Waals surface area contributed by atoms with Crippen molar-refractivity contribution >= 4 is 28.2 Å². The summed E-state index contributed by atoms with van der Waals surface area (Å²) in [6, 6.07) is 8.37. The average Bonchev–Trinajstić information content (AvgIpc) is 3.06. The monoisotopic (exact) mass is 286 g/mol. The molecule has 0 radical (unpaired) electrons. The van der Waals surface area contributed by atoms with Gasteiger partial charge in [0.25, 0.3) is 0 Å². The van der Waals surface area contributed by atoms with E-state index in [0.29, 0.717) is 6.54 Å². The Kier molecular flexibility index (Phi) is 3.28. The summed E-state index contributed by atoms with van der Waals surface area (Å²) in [7, 11) is 0. The second-order valence-electron chi connectivity index (χ2n) is 4.60. The Morgan fingerprint density at radius 1 is 1.40 bits per heavy atom. The van der Waals surface area contributed by atoms with Gasteiger partial charge in [-0.2, -0.15) is 0 Å². The first-order valence-electron chi connectivity index (χ1n) is 6.43. The van der Waals surface area contributed by atoms with Gasteiger partial charge in [0.1, 0.15) is 0 Å². The first-order chi connectivity index (χ1) is 9.69. The van der Waals surface area contributed by atoms with Crippen LogP contribution in [0.3, 0.4) is 0 Å². The summed E-state index contributed by atoms with van der Waals surface area (Å²) in [4.78, 5) is 15.0. The Morgan fingerprint density at radius 2 is 2.25 bits per heavy atom. The number of aromatic carboxylic acids is 1. The van der Waals surface area contributed by atoms with Crippen molar-refractivity contribution in [3.63, 3.8) is 0 Å². The summed E-state index contributed by atoms with van der Waals surface area (Å²) in [5.74, 6) is -0.965. The molecule has 0 spiro atoms. The lowest BCUT2D eigenvalue weighted by Gasteiger charge is -2.07. The topological polar surface area (TPSA) is 55.1 Å². The molecule has 3 aromatic rings. The van der Waals surface area contributed by atoms with Crippen LogP contribution >= 0.6 is 11.3 Å². The zero-order valence-corrected chi connectivity index (χ0v) is 11.9. The molecule has 3 rings (SSSR count). The van der Waals surface area contributed by atoms with Gasteiger partial charge in [-0.25, -0.2) is 9.78 Å². The second-order valence-corrected chi connectivity index (χ2v) is 5.46. The van der Waals surface area contributed by atoms with Crippen molar-refractivity contribution in [2.45, 2.75) is 19.9 Å². The van der Waals surface area contributed by atoms with E-state index in [0.717, 1.165) is 12.1 Å². The molecule has 2 aromatic heterocycles. The van der Waals surface area contributed by atoms with Crippen LogP contribution in [0.2, 0.25) is 0 Å². The highest BCUT2D eigenvalue weighted by molar-refractivity contribution is 7.11. The van der Waals surface area contributed by atoms with E-state index in [-0.39, 0.29) is 5.01 Å². The van der Waals surface area contributed by atoms with Crippen molar-refractivity contribution in [2.24, 2.45) is 0 Å². The molecule has 2 heterocycles. The predicted molar refractivity (Wildman–Crippen MR) is 79.5 cm³/mol. The smallest absolute Gasteiger partial charge is 0.365 e. The number of hydrogen-bond donors (Lipinski definition) is 1. The minimum absolute atomic E-state index is 0.146. The van der Waals surface area contributed by atoms with Gasteiger partial charge in [0.05, 0.1) is 17.8 Å². The number of fused-ring (bicyclic) bond motifs is 1. The van der Waals surface area contributed by atoms with Crippen LogP contribution in [0.15, 0.2) is 35.8 Å². The maximum atomic E-state index is 10.9. The Bertz CT molecular complexity index is 773. The molecule has 5 heteroatoms. The summed E-state index contributed by atoms with van der Waals surface area (Å²) in [6.45, 7) is 2.74. The molecule has 0 unspecified atom stereocenters. The van der Waals surface area contributed by atoms with Crippen LogP contribution in [-0.4, -0.2) is 20.6 Å². The minimum Gasteiger partial charge on any atom is -0.476 e. The maximum absolute atomic E-state index is 10.9. The molecule has 20 heavy (non-hydrogen) atoms. The molecule has 0 amide bonds. The van der Waals surface area contributed by atoms with Crippen LogP contribution in [0.4, 0.5) is 0 Å². The highest BCUT2D eigenvalue weighted by Gasteiger charge is 2.11. The fraction of sp³-hybridized carbons (Fsp3) is 0.200. The zero-order chi connectivity index (χ0) is 14.1. The van der Waals surface area contributed by atoms with Crippen LogP contribution in [0, 0.1) is 0 Å². The highest BCUT2D eigenvalue weighted by atomic mass is 32.1. The van der Waals surface area contributed by atoms with Crippen molar-refractivity contribution in [3.8, 4) is 0 Å². The summed E-state index contributed by atoms with van der Waals surface area (Å²) < 4.78 is 2.13. The first kappa shape index (κ1) is 12.9. The molecule has 0 saturated heterocycles. The molecule has 1 aromatic carbocycles.